The second kappa shape index (κ2) is 10.4. The third-order valence-corrected chi connectivity index (χ3v) is 6.52. The third-order valence-electron chi connectivity index (χ3n) is 5.98. The number of rotatable bonds is 6. The molecule has 2 aromatic heterocycles. The molecule has 0 saturated carbocycles. The quantitative estimate of drug-likeness (QED) is 0.517. The molecule has 4 rings (SSSR count). The monoisotopic (exact) mass is 501 g/mol. The molecule has 10 heteroatoms. The third kappa shape index (κ3) is 5.34. The summed E-state index contributed by atoms with van der Waals surface area (Å²) in [5.41, 5.74) is 2.46. The SMILES string of the molecule is COc1cc(-c2cc(C(=O)N3CCC(C(=O)N[C@H](C)c4cccc(Cl)c4)CC3)[nH]n2)c(Cl)cn1. The van der Waals surface area contributed by atoms with Crippen LogP contribution in [0.3, 0.4) is 0 Å². The lowest BCUT2D eigenvalue weighted by molar-refractivity contribution is -0.127. The van der Waals surface area contributed by atoms with Crippen molar-refractivity contribution in [3.8, 4) is 17.1 Å². The topological polar surface area (TPSA) is 100 Å². The molecule has 1 aliphatic rings. The van der Waals surface area contributed by atoms with Crippen molar-refractivity contribution in [3.63, 3.8) is 0 Å². The van der Waals surface area contributed by atoms with E-state index in [1.807, 2.05) is 25.1 Å². The van der Waals surface area contributed by atoms with Crippen LogP contribution in [0.15, 0.2) is 42.6 Å². The van der Waals surface area contributed by atoms with Crippen molar-refractivity contribution in [1.82, 2.24) is 25.4 Å². The van der Waals surface area contributed by atoms with Crippen LogP contribution in [0.25, 0.3) is 11.3 Å². The largest absolute Gasteiger partial charge is 0.481 e. The molecule has 1 saturated heterocycles. The maximum atomic E-state index is 13.0. The van der Waals surface area contributed by atoms with E-state index in [0.717, 1.165) is 5.56 Å². The molecule has 0 spiro atoms. The highest BCUT2D eigenvalue weighted by Crippen LogP contribution is 2.29. The number of halogens is 2. The summed E-state index contributed by atoms with van der Waals surface area (Å²) < 4.78 is 5.14. The summed E-state index contributed by atoms with van der Waals surface area (Å²) >= 11 is 12.3. The lowest BCUT2D eigenvalue weighted by Crippen LogP contribution is -2.43. The Balaban J connectivity index is 1.35. The first-order valence-electron chi connectivity index (χ1n) is 11.0. The molecule has 3 heterocycles. The lowest BCUT2D eigenvalue weighted by atomic mass is 9.95. The van der Waals surface area contributed by atoms with Crippen LogP contribution in [0, 0.1) is 5.92 Å². The Morgan fingerprint density at radius 3 is 2.68 bits per heavy atom. The zero-order valence-electron chi connectivity index (χ0n) is 18.8. The number of amides is 2. The number of carbonyl (C=O) groups excluding carboxylic acids is 2. The number of piperidine rings is 1. The maximum Gasteiger partial charge on any atom is 0.271 e. The van der Waals surface area contributed by atoms with Gasteiger partial charge in [-0.2, -0.15) is 5.10 Å². The fourth-order valence-electron chi connectivity index (χ4n) is 4.00. The number of hydrogen-bond donors (Lipinski definition) is 2. The minimum Gasteiger partial charge on any atom is -0.481 e. The molecule has 1 atom stereocenters. The molecule has 0 aliphatic carbocycles. The number of nitrogens with one attached hydrogen (secondary N) is 2. The van der Waals surface area contributed by atoms with E-state index < -0.39 is 0 Å². The van der Waals surface area contributed by atoms with Crippen LogP contribution in [0.5, 0.6) is 5.88 Å². The number of benzene rings is 1. The number of hydrogen-bond acceptors (Lipinski definition) is 5. The van der Waals surface area contributed by atoms with Crippen molar-refractivity contribution >= 4 is 35.0 Å². The number of H-pyrrole nitrogens is 1. The first-order chi connectivity index (χ1) is 16.4. The average molecular weight is 502 g/mol. The Hall–Kier alpha value is -3.10. The van der Waals surface area contributed by atoms with Crippen LogP contribution in [-0.4, -0.2) is 52.1 Å². The lowest BCUT2D eigenvalue weighted by Gasteiger charge is -2.31. The van der Waals surface area contributed by atoms with Gasteiger partial charge >= 0.3 is 0 Å². The smallest absolute Gasteiger partial charge is 0.271 e. The first kappa shape index (κ1) is 24.0. The first-order valence-corrected chi connectivity index (χ1v) is 11.7. The molecule has 1 aromatic carbocycles. The number of carbonyl (C=O) groups is 2. The summed E-state index contributed by atoms with van der Waals surface area (Å²) in [4.78, 5) is 31.5. The summed E-state index contributed by atoms with van der Waals surface area (Å²) in [6.45, 7) is 2.91. The molecule has 0 bridgehead atoms. The highest BCUT2D eigenvalue weighted by Gasteiger charge is 2.29. The number of aromatic amines is 1. The Bertz CT molecular complexity index is 1190. The van der Waals surface area contributed by atoms with E-state index in [0.29, 0.717) is 58.8 Å². The summed E-state index contributed by atoms with van der Waals surface area (Å²) in [5, 5.41) is 11.1. The normalized spacial score (nSPS) is 15.1. The van der Waals surface area contributed by atoms with Gasteiger partial charge in [-0.3, -0.25) is 14.7 Å². The van der Waals surface area contributed by atoms with Gasteiger partial charge in [0.1, 0.15) is 5.69 Å². The zero-order valence-corrected chi connectivity index (χ0v) is 20.4. The van der Waals surface area contributed by atoms with E-state index >= 15 is 0 Å². The predicted molar refractivity (Wildman–Crippen MR) is 130 cm³/mol. The standard InChI is InChI=1S/C24H25Cl2N5O3/c1-14(16-4-3-5-17(25)10-16)28-23(32)15-6-8-31(9-7-15)24(33)21-12-20(29-30-21)18-11-22(34-2)27-13-19(18)26/h3-5,10-15H,6-9H2,1-2H3,(H,28,32)(H,29,30)/t14-/m1/s1. The number of likely N-dealkylation sites (tertiary alicyclic amines) is 1. The summed E-state index contributed by atoms with van der Waals surface area (Å²) in [7, 11) is 1.52. The Morgan fingerprint density at radius 2 is 1.97 bits per heavy atom. The second-order valence-corrected chi connectivity index (χ2v) is 9.07. The molecular weight excluding hydrogens is 477 g/mol. The average Bonchev–Trinajstić information content (AvgIpc) is 3.34. The Morgan fingerprint density at radius 1 is 1.21 bits per heavy atom. The van der Waals surface area contributed by atoms with Crippen molar-refractivity contribution in [3.05, 3.63) is 63.9 Å². The van der Waals surface area contributed by atoms with Gasteiger partial charge in [-0.1, -0.05) is 35.3 Å². The fraction of sp³-hybridized carbons (Fsp3) is 0.333. The van der Waals surface area contributed by atoms with Crippen molar-refractivity contribution in [1.29, 1.82) is 0 Å². The van der Waals surface area contributed by atoms with Crippen molar-refractivity contribution in [2.45, 2.75) is 25.8 Å². The van der Waals surface area contributed by atoms with Crippen LogP contribution in [0.1, 0.15) is 41.9 Å². The summed E-state index contributed by atoms with van der Waals surface area (Å²) in [6, 6.07) is 10.6. The van der Waals surface area contributed by atoms with Gasteiger partial charge in [0.25, 0.3) is 5.91 Å². The van der Waals surface area contributed by atoms with Crippen LogP contribution in [0.2, 0.25) is 10.0 Å². The minimum atomic E-state index is -0.165. The van der Waals surface area contributed by atoms with Crippen LogP contribution >= 0.6 is 23.2 Å². The van der Waals surface area contributed by atoms with Gasteiger partial charge in [-0.25, -0.2) is 4.98 Å². The molecule has 2 amide bonds. The number of pyridine rings is 1. The second-order valence-electron chi connectivity index (χ2n) is 8.23. The van der Waals surface area contributed by atoms with Crippen molar-refractivity contribution in [2.75, 3.05) is 20.2 Å². The Labute approximate surface area is 207 Å². The van der Waals surface area contributed by atoms with Crippen LogP contribution in [-0.2, 0) is 4.79 Å². The van der Waals surface area contributed by atoms with Gasteiger partial charge in [0.15, 0.2) is 0 Å². The van der Waals surface area contributed by atoms with Crippen LogP contribution < -0.4 is 10.1 Å². The van der Waals surface area contributed by atoms with Crippen molar-refractivity contribution in [2.24, 2.45) is 5.92 Å². The van der Waals surface area contributed by atoms with E-state index in [1.165, 1.54) is 13.3 Å². The molecule has 2 N–H and O–H groups in total. The van der Waals surface area contributed by atoms with Gasteiger partial charge in [0.2, 0.25) is 11.8 Å². The van der Waals surface area contributed by atoms with Gasteiger partial charge < -0.3 is 15.0 Å². The summed E-state index contributed by atoms with van der Waals surface area (Å²) in [5.74, 6) is 0.0816. The van der Waals surface area contributed by atoms with Gasteiger partial charge in [0, 0.05) is 35.7 Å². The molecule has 1 aliphatic heterocycles. The molecule has 3 aromatic rings. The summed E-state index contributed by atoms with van der Waals surface area (Å²) in [6.07, 6.45) is 2.66. The molecule has 0 unspecified atom stereocenters. The minimum absolute atomic E-state index is 0.00956. The van der Waals surface area contributed by atoms with E-state index in [-0.39, 0.29) is 23.8 Å². The zero-order chi connectivity index (χ0) is 24.2. The van der Waals surface area contributed by atoms with Gasteiger partial charge in [-0.05, 0) is 43.5 Å². The molecule has 178 valence electrons. The molecule has 0 radical (unpaired) electrons. The molecular formula is C24H25Cl2N5O3. The van der Waals surface area contributed by atoms with E-state index in [2.05, 4.69) is 20.5 Å². The van der Waals surface area contributed by atoms with E-state index in [9.17, 15) is 9.59 Å². The number of ether oxygens (including phenoxy) is 1. The van der Waals surface area contributed by atoms with Crippen molar-refractivity contribution < 1.29 is 14.3 Å². The van der Waals surface area contributed by atoms with Crippen LogP contribution in [0.4, 0.5) is 0 Å². The predicted octanol–water partition coefficient (Wildman–Crippen LogP) is 4.52. The molecule has 1 fully saturated rings. The highest BCUT2D eigenvalue weighted by molar-refractivity contribution is 6.33. The van der Waals surface area contributed by atoms with Gasteiger partial charge in [0.05, 0.1) is 30.1 Å². The number of methoxy groups -OCH3 is 1. The van der Waals surface area contributed by atoms with E-state index in [1.54, 1.807) is 23.1 Å². The number of nitrogens with zero attached hydrogens (tertiary/aromatic N) is 3. The fourth-order valence-corrected chi connectivity index (χ4v) is 4.40. The van der Waals surface area contributed by atoms with Gasteiger partial charge in [-0.15, -0.1) is 0 Å². The molecule has 34 heavy (non-hydrogen) atoms. The number of aromatic nitrogens is 3. The Kier molecular flexibility index (Phi) is 7.38. The maximum absolute atomic E-state index is 13.0. The van der Waals surface area contributed by atoms with E-state index in [4.69, 9.17) is 27.9 Å². The highest BCUT2D eigenvalue weighted by atomic mass is 35.5. The molecule has 8 nitrogen and oxygen atoms in total.